The predicted molar refractivity (Wildman–Crippen MR) is 123 cm³/mol. The van der Waals surface area contributed by atoms with Gasteiger partial charge < -0.3 is 19.1 Å². The fourth-order valence-electron chi connectivity index (χ4n) is 4.09. The van der Waals surface area contributed by atoms with Gasteiger partial charge in [0.15, 0.2) is 11.5 Å². The smallest absolute Gasteiger partial charge is 0.238 e. The van der Waals surface area contributed by atoms with E-state index in [2.05, 4.69) is 0 Å². The summed E-state index contributed by atoms with van der Waals surface area (Å²) in [4.78, 5) is 15.0. The first-order chi connectivity index (χ1) is 15.8. The molecule has 2 atom stereocenters. The number of β-lactam (4-membered cyclic amide) rings is 1. The van der Waals surface area contributed by atoms with E-state index in [4.69, 9.17) is 19.3 Å². The van der Waals surface area contributed by atoms with Crippen molar-refractivity contribution >= 4 is 21.6 Å². The van der Waals surface area contributed by atoms with Crippen molar-refractivity contribution in [1.29, 1.82) is 0 Å². The minimum atomic E-state index is -3.84. The minimum absolute atomic E-state index is 0.0198. The van der Waals surface area contributed by atoms with Crippen LogP contribution in [0.15, 0.2) is 71.6 Å². The van der Waals surface area contributed by atoms with Crippen molar-refractivity contribution < 1.29 is 27.4 Å². The van der Waals surface area contributed by atoms with Crippen LogP contribution in [0.1, 0.15) is 23.1 Å². The Balaban J connectivity index is 1.78. The fraction of sp³-hybridized carbons (Fsp3) is 0.208. The van der Waals surface area contributed by atoms with Crippen LogP contribution in [0.3, 0.4) is 0 Å². The van der Waals surface area contributed by atoms with Gasteiger partial charge in [-0.3, -0.25) is 4.79 Å². The number of anilines is 1. The fourth-order valence-corrected chi connectivity index (χ4v) is 4.60. The third-order valence-corrected chi connectivity index (χ3v) is 6.69. The molecule has 1 saturated heterocycles. The number of benzene rings is 3. The molecule has 0 unspecified atom stereocenters. The molecule has 3 aromatic rings. The predicted octanol–water partition coefficient (Wildman–Crippen LogP) is 3.23. The highest BCUT2D eigenvalue weighted by molar-refractivity contribution is 7.89. The number of amides is 1. The van der Waals surface area contributed by atoms with E-state index in [1.54, 1.807) is 44.4 Å². The van der Waals surface area contributed by atoms with Crippen molar-refractivity contribution in [2.75, 3.05) is 26.2 Å². The number of methoxy groups -OCH3 is 3. The third kappa shape index (κ3) is 4.12. The summed E-state index contributed by atoms with van der Waals surface area (Å²) in [7, 11) is 0.863. The highest BCUT2D eigenvalue weighted by Gasteiger charge is 2.49. The number of nitrogens with zero attached hydrogens (tertiary/aromatic N) is 1. The molecule has 1 aliphatic rings. The molecule has 9 heteroatoms. The van der Waals surface area contributed by atoms with Crippen LogP contribution in [-0.2, 0) is 14.8 Å². The Morgan fingerprint density at radius 1 is 0.788 bits per heavy atom. The maximum atomic E-state index is 13.4. The summed E-state index contributed by atoms with van der Waals surface area (Å²) in [5.74, 6) is 1.28. The molecule has 1 amide bonds. The van der Waals surface area contributed by atoms with Crippen LogP contribution in [0.4, 0.5) is 5.69 Å². The third-order valence-electron chi connectivity index (χ3n) is 5.76. The number of hydrogen-bond donors (Lipinski definition) is 1. The van der Waals surface area contributed by atoms with Gasteiger partial charge in [0.05, 0.1) is 38.2 Å². The molecular weight excluding hydrogens is 444 g/mol. The Morgan fingerprint density at radius 3 is 1.94 bits per heavy atom. The Kier molecular flexibility index (Phi) is 6.01. The topological polar surface area (TPSA) is 108 Å². The van der Waals surface area contributed by atoms with Crippen molar-refractivity contribution in [3.63, 3.8) is 0 Å². The summed E-state index contributed by atoms with van der Waals surface area (Å²) in [5, 5.41) is 5.21. The number of primary sulfonamides is 1. The van der Waals surface area contributed by atoms with Crippen molar-refractivity contribution in [2.24, 2.45) is 5.14 Å². The van der Waals surface area contributed by atoms with Gasteiger partial charge in [-0.15, -0.1) is 0 Å². The quantitative estimate of drug-likeness (QED) is 0.534. The molecule has 1 aliphatic heterocycles. The first-order valence-corrected chi connectivity index (χ1v) is 11.6. The highest BCUT2D eigenvalue weighted by atomic mass is 32.2. The van der Waals surface area contributed by atoms with E-state index >= 15 is 0 Å². The molecule has 172 valence electrons. The number of hydrogen-bond acceptors (Lipinski definition) is 6. The van der Waals surface area contributed by atoms with Gasteiger partial charge in [0.2, 0.25) is 15.9 Å². The summed E-state index contributed by atoms with van der Waals surface area (Å²) < 4.78 is 39.3. The van der Waals surface area contributed by atoms with Crippen LogP contribution < -0.4 is 24.2 Å². The Bertz CT molecular complexity index is 1270. The largest absolute Gasteiger partial charge is 0.497 e. The number of ether oxygens (including phenoxy) is 3. The van der Waals surface area contributed by atoms with Gasteiger partial charge in [0, 0.05) is 5.69 Å². The minimum Gasteiger partial charge on any atom is -0.497 e. The standard InChI is InChI=1S/C24H24N2O6S/c1-30-18-9-4-15(5-10-18)22-23(16-6-13-20(31-2)21(14-16)32-3)26(24(22)27)17-7-11-19(12-8-17)33(25,28)29/h4-14,22-23H,1-3H3,(H2,25,28,29)/t22-,23-/m0/s1. The molecule has 0 bridgehead atoms. The molecule has 0 spiro atoms. The molecule has 0 aliphatic carbocycles. The second kappa shape index (κ2) is 8.76. The number of carbonyl (C=O) groups is 1. The van der Waals surface area contributed by atoms with E-state index in [9.17, 15) is 13.2 Å². The first kappa shape index (κ1) is 22.6. The molecule has 0 aromatic heterocycles. The molecule has 2 N–H and O–H groups in total. The molecule has 8 nitrogen and oxygen atoms in total. The molecule has 33 heavy (non-hydrogen) atoms. The Morgan fingerprint density at radius 2 is 1.39 bits per heavy atom. The number of carbonyl (C=O) groups excluding carboxylic acids is 1. The van der Waals surface area contributed by atoms with Gasteiger partial charge in [0.1, 0.15) is 5.75 Å². The SMILES string of the molecule is COc1ccc([C@@H]2C(=O)N(c3ccc(S(N)(=O)=O)cc3)[C@H]2c2ccc(OC)c(OC)c2)cc1. The maximum Gasteiger partial charge on any atom is 0.238 e. The van der Waals surface area contributed by atoms with Crippen LogP contribution in [-0.4, -0.2) is 35.7 Å². The summed E-state index contributed by atoms with van der Waals surface area (Å²) in [6, 6.07) is 18.5. The van der Waals surface area contributed by atoms with Crippen molar-refractivity contribution in [1.82, 2.24) is 0 Å². The summed E-state index contributed by atoms with van der Waals surface area (Å²) in [6.45, 7) is 0. The summed E-state index contributed by atoms with van der Waals surface area (Å²) >= 11 is 0. The number of rotatable bonds is 7. The molecule has 1 fully saturated rings. The van der Waals surface area contributed by atoms with Crippen LogP contribution in [0.25, 0.3) is 0 Å². The monoisotopic (exact) mass is 468 g/mol. The van der Waals surface area contributed by atoms with Crippen LogP contribution in [0.5, 0.6) is 17.2 Å². The Hall–Kier alpha value is -3.56. The van der Waals surface area contributed by atoms with Crippen LogP contribution in [0.2, 0.25) is 0 Å². The lowest BCUT2D eigenvalue weighted by molar-refractivity contribution is -0.126. The second-order valence-corrected chi connectivity index (χ2v) is 9.12. The van der Waals surface area contributed by atoms with Crippen molar-refractivity contribution in [3.8, 4) is 17.2 Å². The summed E-state index contributed by atoms with van der Waals surface area (Å²) in [6.07, 6.45) is 0. The van der Waals surface area contributed by atoms with Crippen molar-refractivity contribution in [2.45, 2.75) is 16.9 Å². The zero-order valence-electron chi connectivity index (χ0n) is 18.4. The first-order valence-electron chi connectivity index (χ1n) is 10.1. The summed E-state index contributed by atoms with van der Waals surface area (Å²) in [5.41, 5.74) is 2.26. The molecule has 0 radical (unpaired) electrons. The molecule has 4 rings (SSSR count). The lowest BCUT2D eigenvalue weighted by Gasteiger charge is -2.48. The lowest BCUT2D eigenvalue weighted by Crippen LogP contribution is -2.53. The van der Waals surface area contributed by atoms with Gasteiger partial charge in [-0.2, -0.15) is 0 Å². The zero-order valence-corrected chi connectivity index (χ0v) is 19.2. The second-order valence-electron chi connectivity index (χ2n) is 7.56. The van der Waals surface area contributed by atoms with E-state index in [1.807, 2.05) is 36.4 Å². The number of sulfonamides is 1. The van der Waals surface area contributed by atoms with E-state index in [0.29, 0.717) is 22.9 Å². The zero-order chi connectivity index (χ0) is 23.8. The molecule has 3 aromatic carbocycles. The van der Waals surface area contributed by atoms with Gasteiger partial charge >= 0.3 is 0 Å². The van der Waals surface area contributed by atoms with Crippen LogP contribution in [0, 0.1) is 0 Å². The Labute approximate surface area is 192 Å². The average molecular weight is 469 g/mol. The van der Waals surface area contributed by atoms with Gasteiger partial charge in [-0.1, -0.05) is 18.2 Å². The van der Waals surface area contributed by atoms with Gasteiger partial charge in [0.25, 0.3) is 0 Å². The average Bonchev–Trinajstić information content (AvgIpc) is 2.82. The lowest BCUT2D eigenvalue weighted by atomic mass is 9.77. The van der Waals surface area contributed by atoms with E-state index < -0.39 is 15.9 Å². The van der Waals surface area contributed by atoms with E-state index in [1.165, 1.54) is 12.1 Å². The van der Waals surface area contributed by atoms with Crippen LogP contribution >= 0.6 is 0 Å². The highest BCUT2D eigenvalue weighted by Crippen LogP contribution is 2.50. The van der Waals surface area contributed by atoms with Gasteiger partial charge in [-0.25, -0.2) is 13.6 Å². The maximum absolute atomic E-state index is 13.4. The van der Waals surface area contributed by atoms with Gasteiger partial charge in [-0.05, 0) is 59.7 Å². The van der Waals surface area contributed by atoms with E-state index in [-0.39, 0.29) is 16.8 Å². The molecule has 1 heterocycles. The van der Waals surface area contributed by atoms with Crippen molar-refractivity contribution in [3.05, 3.63) is 77.9 Å². The van der Waals surface area contributed by atoms with E-state index in [0.717, 1.165) is 11.1 Å². The normalized spacial score (nSPS) is 17.9. The number of nitrogens with two attached hydrogens (primary N) is 1. The molecular formula is C24H24N2O6S. The molecule has 0 saturated carbocycles.